The molecular formula is C13H18BrNOS. The predicted molar refractivity (Wildman–Crippen MR) is 78.8 cm³/mol. The Hall–Kier alpha value is -0.480. The lowest BCUT2D eigenvalue weighted by Crippen LogP contribution is -2.34. The van der Waals surface area contributed by atoms with E-state index in [1.165, 1.54) is 0 Å². The second kappa shape index (κ2) is 7.07. The number of rotatable bonds is 5. The van der Waals surface area contributed by atoms with Gasteiger partial charge >= 0.3 is 0 Å². The van der Waals surface area contributed by atoms with Gasteiger partial charge in [-0.15, -0.1) is 0 Å². The minimum atomic E-state index is -0.00946. The molecule has 0 fully saturated rings. The van der Waals surface area contributed by atoms with Crippen molar-refractivity contribution in [1.82, 2.24) is 5.32 Å². The van der Waals surface area contributed by atoms with Gasteiger partial charge in [-0.3, -0.25) is 4.79 Å². The number of hydrogen-bond acceptors (Lipinski definition) is 2. The lowest BCUT2D eigenvalue weighted by atomic mass is 10.1. The van der Waals surface area contributed by atoms with Gasteiger partial charge < -0.3 is 5.32 Å². The monoisotopic (exact) mass is 315 g/mol. The molecule has 0 aliphatic heterocycles. The number of amides is 1. The van der Waals surface area contributed by atoms with Crippen molar-refractivity contribution >= 4 is 33.6 Å². The molecule has 0 saturated carbocycles. The molecule has 1 unspecified atom stereocenters. The van der Waals surface area contributed by atoms with Crippen LogP contribution in [0.5, 0.6) is 0 Å². The highest BCUT2D eigenvalue weighted by atomic mass is 79.9. The highest BCUT2D eigenvalue weighted by Gasteiger charge is 2.13. The smallest absolute Gasteiger partial charge is 0.252 e. The molecule has 1 amide bonds. The van der Waals surface area contributed by atoms with Crippen molar-refractivity contribution in [3.63, 3.8) is 0 Å². The van der Waals surface area contributed by atoms with Crippen molar-refractivity contribution in [3.05, 3.63) is 33.8 Å². The normalized spacial score (nSPS) is 12.2. The van der Waals surface area contributed by atoms with E-state index in [9.17, 15) is 4.79 Å². The number of thioether (sulfide) groups is 1. The third kappa shape index (κ3) is 4.36. The maximum Gasteiger partial charge on any atom is 0.252 e. The Morgan fingerprint density at radius 3 is 2.88 bits per heavy atom. The van der Waals surface area contributed by atoms with E-state index in [0.29, 0.717) is 5.56 Å². The van der Waals surface area contributed by atoms with Gasteiger partial charge in [0.1, 0.15) is 0 Å². The second-order valence-electron chi connectivity index (χ2n) is 3.97. The number of benzene rings is 1. The molecule has 0 spiro atoms. The van der Waals surface area contributed by atoms with Crippen LogP contribution in [0.1, 0.15) is 29.8 Å². The standard InChI is InChI=1S/C13H18BrNOS/c1-4-17-8-10(3)15-13(16)11-7-5-6-9(2)12(11)14/h5-7,10H,4,8H2,1-3H3,(H,15,16). The van der Waals surface area contributed by atoms with E-state index in [1.54, 1.807) is 0 Å². The summed E-state index contributed by atoms with van der Waals surface area (Å²) in [7, 11) is 0. The molecule has 0 aliphatic carbocycles. The van der Waals surface area contributed by atoms with Gasteiger partial charge in [0.25, 0.3) is 5.91 Å². The quantitative estimate of drug-likeness (QED) is 0.899. The van der Waals surface area contributed by atoms with Crippen LogP contribution >= 0.6 is 27.7 Å². The zero-order valence-corrected chi connectivity index (χ0v) is 12.8. The lowest BCUT2D eigenvalue weighted by Gasteiger charge is -2.14. The average Bonchev–Trinajstić information content (AvgIpc) is 2.29. The van der Waals surface area contributed by atoms with Crippen molar-refractivity contribution < 1.29 is 4.79 Å². The van der Waals surface area contributed by atoms with E-state index in [0.717, 1.165) is 21.5 Å². The zero-order valence-electron chi connectivity index (χ0n) is 10.4. The molecule has 0 radical (unpaired) electrons. The van der Waals surface area contributed by atoms with Gasteiger partial charge in [0.2, 0.25) is 0 Å². The molecule has 0 saturated heterocycles. The van der Waals surface area contributed by atoms with E-state index in [4.69, 9.17) is 0 Å². The Morgan fingerprint density at radius 1 is 1.53 bits per heavy atom. The number of hydrogen-bond donors (Lipinski definition) is 1. The van der Waals surface area contributed by atoms with Gasteiger partial charge in [0.05, 0.1) is 5.56 Å². The van der Waals surface area contributed by atoms with Crippen molar-refractivity contribution in [1.29, 1.82) is 0 Å². The second-order valence-corrected chi connectivity index (χ2v) is 6.08. The van der Waals surface area contributed by atoms with Gasteiger partial charge in [0.15, 0.2) is 0 Å². The summed E-state index contributed by atoms with van der Waals surface area (Å²) in [6.45, 7) is 6.14. The van der Waals surface area contributed by atoms with E-state index >= 15 is 0 Å². The first-order valence-electron chi connectivity index (χ1n) is 5.70. The van der Waals surface area contributed by atoms with Crippen molar-refractivity contribution in [2.24, 2.45) is 0 Å². The maximum absolute atomic E-state index is 12.0. The highest BCUT2D eigenvalue weighted by molar-refractivity contribution is 9.10. The molecule has 0 aromatic heterocycles. The fourth-order valence-electron chi connectivity index (χ4n) is 1.46. The molecule has 0 aliphatic rings. The maximum atomic E-state index is 12.0. The van der Waals surface area contributed by atoms with E-state index in [2.05, 4.69) is 28.2 Å². The average molecular weight is 316 g/mol. The summed E-state index contributed by atoms with van der Waals surface area (Å²) in [4.78, 5) is 12.0. The molecule has 2 nitrogen and oxygen atoms in total. The Kier molecular flexibility index (Phi) is 6.06. The molecule has 0 bridgehead atoms. The number of halogens is 1. The Labute approximate surface area is 116 Å². The minimum Gasteiger partial charge on any atom is -0.349 e. The fourth-order valence-corrected chi connectivity index (χ4v) is 2.58. The topological polar surface area (TPSA) is 29.1 Å². The summed E-state index contributed by atoms with van der Waals surface area (Å²) in [5, 5.41) is 3.01. The summed E-state index contributed by atoms with van der Waals surface area (Å²) in [6, 6.07) is 5.92. The zero-order chi connectivity index (χ0) is 12.8. The van der Waals surface area contributed by atoms with Crippen LogP contribution in [-0.2, 0) is 0 Å². The number of carbonyl (C=O) groups is 1. The van der Waals surface area contributed by atoms with E-state index in [1.807, 2.05) is 43.8 Å². The minimum absolute atomic E-state index is 0.00946. The molecule has 4 heteroatoms. The summed E-state index contributed by atoms with van der Waals surface area (Å²) < 4.78 is 0.882. The largest absolute Gasteiger partial charge is 0.349 e. The molecule has 17 heavy (non-hydrogen) atoms. The van der Waals surface area contributed by atoms with Gasteiger partial charge in [-0.1, -0.05) is 19.1 Å². The van der Waals surface area contributed by atoms with Gasteiger partial charge in [0, 0.05) is 16.3 Å². The van der Waals surface area contributed by atoms with Crippen LogP contribution < -0.4 is 5.32 Å². The van der Waals surface area contributed by atoms with Crippen molar-refractivity contribution in [3.8, 4) is 0 Å². The van der Waals surface area contributed by atoms with E-state index < -0.39 is 0 Å². The third-order valence-electron chi connectivity index (χ3n) is 2.39. The Balaban J connectivity index is 2.67. The van der Waals surface area contributed by atoms with Crippen LogP contribution in [-0.4, -0.2) is 23.5 Å². The molecule has 1 N–H and O–H groups in total. The molecular weight excluding hydrogens is 298 g/mol. The number of aryl methyl sites for hydroxylation is 1. The van der Waals surface area contributed by atoms with Crippen LogP contribution in [0.3, 0.4) is 0 Å². The fraction of sp³-hybridized carbons (Fsp3) is 0.462. The predicted octanol–water partition coefficient (Wildman–Crippen LogP) is 3.63. The Morgan fingerprint density at radius 2 is 2.24 bits per heavy atom. The van der Waals surface area contributed by atoms with Gasteiger partial charge in [-0.2, -0.15) is 11.8 Å². The summed E-state index contributed by atoms with van der Waals surface area (Å²) in [6.07, 6.45) is 0. The van der Waals surface area contributed by atoms with Crippen LogP contribution in [0.4, 0.5) is 0 Å². The third-order valence-corrected chi connectivity index (χ3v) is 4.58. The van der Waals surface area contributed by atoms with Crippen molar-refractivity contribution in [2.75, 3.05) is 11.5 Å². The molecule has 1 aromatic carbocycles. The van der Waals surface area contributed by atoms with Crippen LogP contribution in [0, 0.1) is 6.92 Å². The summed E-state index contributed by atoms with van der Waals surface area (Å²) >= 11 is 5.29. The van der Waals surface area contributed by atoms with Crippen LogP contribution in [0.2, 0.25) is 0 Å². The molecule has 1 aromatic rings. The van der Waals surface area contributed by atoms with E-state index in [-0.39, 0.29) is 11.9 Å². The Bertz CT molecular complexity index is 395. The molecule has 1 atom stereocenters. The summed E-state index contributed by atoms with van der Waals surface area (Å²) in [5.74, 6) is 2.02. The first-order chi connectivity index (χ1) is 8.06. The molecule has 94 valence electrons. The molecule has 0 heterocycles. The number of carbonyl (C=O) groups excluding carboxylic acids is 1. The van der Waals surface area contributed by atoms with Gasteiger partial charge in [-0.25, -0.2) is 0 Å². The van der Waals surface area contributed by atoms with Crippen LogP contribution in [0.25, 0.3) is 0 Å². The van der Waals surface area contributed by atoms with Crippen molar-refractivity contribution in [2.45, 2.75) is 26.8 Å². The highest BCUT2D eigenvalue weighted by Crippen LogP contribution is 2.21. The first-order valence-corrected chi connectivity index (χ1v) is 7.64. The summed E-state index contributed by atoms with van der Waals surface area (Å²) in [5.41, 5.74) is 1.78. The SMILES string of the molecule is CCSCC(C)NC(=O)c1cccc(C)c1Br. The first kappa shape index (κ1) is 14.6. The molecule has 1 rings (SSSR count). The lowest BCUT2D eigenvalue weighted by molar-refractivity contribution is 0.0943. The van der Waals surface area contributed by atoms with Crippen LogP contribution in [0.15, 0.2) is 22.7 Å². The number of nitrogens with one attached hydrogen (secondary N) is 1. The van der Waals surface area contributed by atoms with Gasteiger partial charge in [-0.05, 0) is 47.2 Å².